The lowest BCUT2D eigenvalue weighted by atomic mass is 10.1. The molecule has 2 N–H and O–H groups in total. The van der Waals surface area contributed by atoms with Crippen molar-refractivity contribution in [1.29, 1.82) is 5.26 Å². The normalized spacial score (nSPS) is 10.4. The van der Waals surface area contributed by atoms with Crippen LogP contribution in [0.3, 0.4) is 0 Å². The fraction of sp³-hybridized carbons (Fsp3) is 0.0769. The van der Waals surface area contributed by atoms with E-state index in [1.807, 2.05) is 0 Å². The van der Waals surface area contributed by atoms with Gasteiger partial charge in [-0.25, -0.2) is 0 Å². The lowest BCUT2D eigenvalue weighted by molar-refractivity contribution is -0.114. The smallest absolute Gasteiger partial charge is 0.259 e. The summed E-state index contributed by atoms with van der Waals surface area (Å²) >= 11 is 0. The number of hydrogen-bond donors (Lipinski definition) is 1. The van der Waals surface area contributed by atoms with Gasteiger partial charge in [0, 0.05) is 0 Å². The van der Waals surface area contributed by atoms with E-state index in [1.165, 1.54) is 6.08 Å². The highest BCUT2D eigenvalue weighted by molar-refractivity contribution is 6.00. The predicted octanol–water partition coefficient (Wildman–Crippen LogP) is 1.64. The van der Waals surface area contributed by atoms with E-state index in [0.717, 1.165) is 0 Å². The zero-order chi connectivity index (χ0) is 12.7. The summed E-state index contributed by atoms with van der Waals surface area (Å²) in [6.45, 7) is 3.97. The molecule has 1 aromatic carbocycles. The van der Waals surface area contributed by atoms with E-state index < -0.39 is 5.91 Å². The first kappa shape index (κ1) is 12.5. The average molecular weight is 228 g/mol. The molecule has 0 atom stereocenters. The van der Waals surface area contributed by atoms with Crippen LogP contribution >= 0.6 is 0 Å². The first-order chi connectivity index (χ1) is 8.17. The number of rotatable bonds is 5. The van der Waals surface area contributed by atoms with E-state index in [1.54, 1.807) is 36.4 Å². The summed E-state index contributed by atoms with van der Waals surface area (Å²) in [4.78, 5) is 10.8. The monoisotopic (exact) mass is 228 g/mol. The highest BCUT2D eigenvalue weighted by atomic mass is 16.5. The Labute approximate surface area is 99.6 Å². The van der Waals surface area contributed by atoms with Crippen LogP contribution in [0.2, 0.25) is 0 Å². The van der Waals surface area contributed by atoms with Crippen LogP contribution in [0.25, 0.3) is 6.08 Å². The van der Waals surface area contributed by atoms with Gasteiger partial charge >= 0.3 is 0 Å². The molecule has 0 unspecified atom stereocenters. The van der Waals surface area contributed by atoms with Crippen LogP contribution in [0.4, 0.5) is 0 Å². The minimum Gasteiger partial charge on any atom is -0.490 e. The van der Waals surface area contributed by atoms with Crippen molar-refractivity contribution in [3.63, 3.8) is 0 Å². The maximum atomic E-state index is 10.8. The van der Waals surface area contributed by atoms with Gasteiger partial charge in [0.05, 0.1) is 0 Å². The maximum absolute atomic E-state index is 10.8. The Bertz CT molecular complexity index is 481. The number of ether oxygens (including phenoxy) is 1. The van der Waals surface area contributed by atoms with Crippen LogP contribution < -0.4 is 10.5 Å². The van der Waals surface area contributed by atoms with E-state index in [0.29, 0.717) is 17.9 Å². The van der Waals surface area contributed by atoms with Crippen molar-refractivity contribution in [2.75, 3.05) is 6.61 Å². The largest absolute Gasteiger partial charge is 0.490 e. The summed E-state index contributed by atoms with van der Waals surface area (Å²) in [6.07, 6.45) is 3.08. The number of amides is 1. The summed E-state index contributed by atoms with van der Waals surface area (Å²) in [5, 5.41) is 8.67. The third-order valence-corrected chi connectivity index (χ3v) is 1.94. The van der Waals surface area contributed by atoms with E-state index in [9.17, 15) is 4.79 Å². The second kappa shape index (κ2) is 6.13. The van der Waals surface area contributed by atoms with Gasteiger partial charge in [-0.15, -0.1) is 0 Å². The van der Waals surface area contributed by atoms with E-state index in [2.05, 4.69) is 6.58 Å². The SMILES string of the molecule is C=CCOc1ccc(/C=C(/C#N)C(N)=O)cc1. The van der Waals surface area contributed by atoms with Gasteiger partial charge in [-0.2, -0.15) is 5.26 Å². The number of carbonyl (C=O) groups is 1. The van der Waals surface area contributed by atoms with Gasteiger partial charge in [-0.1, -0.05) is 24.8 Å². The Kier molecular flexibility index (Phi) is 4.52. The van der Waals surface area contributed by atoms with Crippen LogP contribution in [0, 0.1) is 11.3 Å². The quantitative estimate of drug-likeness (QED) is 0.473. The standard InChI is InChI=1S/C13H12N2O2/c1-2-7-17-12-5-3-10(4-6-12)8-11(9-14)13(15)16/h2-6,8H,1,7H2,(H2,15,16)/b11-8-. The maximum Gasteiger partial charge on any atom is 0.259 e. The minimum atomic E-state index is -0.737. The molecule has 0 spiro atoms. The summed E-state index contributed by atoms with van der Waals surface area (Å²) in [6, 6.07) is 8.69. The average Bonchev–Trinajstić information content (AvgIpc) is 2.34. The Morgan fingerprint density at radius 2 is 2.12 bits per heavy atom. The molecule has 0 bridgehead atoms. The molecule has 17 heavy (non-hydrogen) atoms. The number of nitrogens with zero attached hydrogens (tertiary/aromatic N) is 1. The van der Waals surface area contributed by atoms with Crippen molar-refractivity contribution in [2.45, 2.75) is 0 Å². The number of nitrogens with two attached hydrogens (primary N) is 1. The molecule has 0 saturated heterocycles. The fourth-order valence-electron chi connectivity index (χ4n) is 1.14. The summed E-state index contributed by atoms with van der Waals surface area (Å²) < 4.78 is 5.29. The van der Waals surface area contributed by atoms with E-state index in [4.69, 9.17) is 15.7 Å². The molecule has 1 aromatic rings. The molecule has 0 aliphatic carbocycles. The minimum absolute atomic E-state index is 0.0789. The summed E-state index contributed by atoms with van der Waals surface area (Å²) in [7, 11) is 0. The van der Waals surface area contributed by atoms with Crippen LogP contribution in [0.15, 0.2) is 42.5 Å². The highest BCUT2D eigenvalue weighted by Gasteiger charge is 2.02. The van der Waals surface area contributed by atoms with Crippen LogP contribution in [0.1, 0.15) is 5.56 Å². The van der Waals surface area contributed by atoms with Gasteiger partial charge in [-0.3, -0.25) is 4.79 Å². The van der Waals surface area contributed by atoms with Crippen molar-refractivity contribution in [3.8, 4) is 11.8 Å². The molecule has 0 heterocycles. The summed E-state index contributed by atoms with van der Waals surface area (Å²) in [5.74, 6) is -0.0425. The molecule has 0 aliphatic heterocycles. The molecule has 1 amide bonds. The van der Waals surface area contributed by atoms with Crippen LogP contribution in [-0.4, -0.2) is 12.5 Å². The molecule has 0 aromatic heterocycles. The van der Waals surface area contributed by atoms with Gasteiger partial charge in [0.25, 0.3) is 5.91 Å². The van der Waals surface area contributed by atoms with Crippen molar-refractivity contribution in [2.24, 2.45) is 5.73 Å². The first-order valence-electron chi connectivity index (χ1n) is 4.92. The molecular weight excluding hydrogens is 216 g/mol. The molecule has 0 aliphatic rings. The molecule has 0 saturated carbocycles. The second-order valence-electron chi connectivity index (χ2n) is 3.20. The third-order valence-electron chi connectivity index (χ3n) is 1.94. The number of primary amides is 1. The molecule has 4 heteroatoms. The van der Waals surface area contributed by atoms with Crippen molar-refractivity contribution in [3.05, 3.63) is 48.1 Å². The zero-order valence-corrected chi connectivity index (χ0v) is 9.22. The van der Waals surface area contributed by atoms with Gasteiger partial charge in [0.15, 0.2) is 0 Å². The molecule has 4 nitrogen and oxygen atoms in total. The van der Waals surface area contributed by atoms with Crippen molar-refractivity contribution < 1.29 is 9.53 Å². The molecule has 1 rings (SSSR count). The zero-order valence-electron chi connectivity index (χ0n) is 9.22. The lowest BCUT2D eigenvalue weighted by Gasteiger charge is -2.02. The number of carbonyl (C=O) groups excluding carboxylic acids is 1. The van der Waals surface area contributed by atoms with Crippen LogP contribution in [-0.2, 0) is 4.79 Å². The number of hydrogen-bond acceptors (Lipinski definition) is 3. The van der Waals surface area contributed by atoms with Crippen LogP contribution in [0.5, 0.6) is 5.75 Å². The Hall–Kier alpha value is -2.54. The third kappa shape index (κ3) is 3.84. The Balaban J connectivity index is 2.84. The van der Waals surface area contributed by atoms with Gasteiger partial charge in [0.2, 0.25) is 0 Å². The Morgan fingerprint density at radius 3 is 2.59 bits per heavy atom. The molecular formula is C13H12N2O2. The number of benzene rings is 1. The molecule has 0 fully saturated rings. The van der Waals surface area contributed by atoms with Crippen molar-refractivity contribution >= 4 is 12.0 Å². The first-order valence-corrected chi connectivity index (χ1v) is 4.92. The van der Waals surface area contributed by atoms with Gasteiger partial charge < -0.3 is 10.5 Å². The lowest BCUT2D eigenvalue weighted by Crippen LogP contribution is -2.12. The van der Waals surface area contributed by atoms with Gasteiger partial charge in [0.1, 0.15) is 24.0 Å². The van der Waals surface area contributed by atoms with E-state index in [-0.39, 0.29) is 5.57 Å². The van der Waals surface area contributed by atoms with Gasteiger partial charge in [-0.05, 0) is 23.8 Å². The highest BCUT2D eigenvalue weighted by Crippen LogP contribution is 2.14. The second-order valence-corrected chi connectivity index (χ2v) is 3.20. The topological polar surface area (TPSA) is 76.1 Å². The predicted molar refractivity (Wildman–Crippen MR) is 64.9 cm³/mol. The molecule has 0 radical (unpaired) electrons. The summed E-state index contributed by atoms with van der Waals surface area (Å²) in [5.41, 5.74) is 5.66. The van der Waals surface area contributed by atoms with Crippen molar-refractivity contribution in [1.82, 2.24) is 0 Å². The number of nitriles is 1. The van der Waals surface area contributed by atoms with E-state index >= 15 is 0 Å². The molecule has 86 valence electrons. The fourth-order valence-corrected chi connectivity index (χ4v) is 1.14. The Morgan fingerprint density at radius 1 is 1.47 bits per heavy atom.